The van der Waals surface area contributed by atoms with E-state index in [0.29, 0.717) is 18.0 Å². The van der Waals surface area contributed by atoms with Crippen LogP contribution in [0.25, 0.3) is 0 Å². The van der Waals surface area contributed by atoms with Crippen LogP contribution in [0.3, 0.4) is 0 Å². The molecular formula is C23H24N2O4S. The van der Waals surface area contributed by atoms with Crippen molar-refractivity contribution in [1.29, 1.82) is 0 Å². The van der Waals surface area contributed by atoms with Crippen molar-refractivity contribution < 1.29 is 17.9 Å². The number of sulfonamides is 1. The fourth-order valence-corrected chi connectivity index (χ4v) is 3.73. The highest BCUT2D eigenvalue weighted by Crippen LogP contribution is 2.19. The zero-order chi connectivity index (χ0) is 21.6. The molecule has 0 spiro atoms. The lowest BCUT2D eigenvalue weighted by molar-refractivity contribution is -0.127. The monoisotopic (exact) mass is 424 g/mol. The number of ether oxygens (including phenoxy) is 1. The lowest BCUT2D eigenvalue weighted by Crippen LogP contribution is -2.27. The van der Waals surface area contributed by atoms with Crippen molar-refractivity contribution in [2.75, 3.05) is 10.0 Å². The first kappa shape index (κ1) is 21.5. The van der Waals surface area contributed by atoms with Crippen LogP contribution in [-0.4, -0.2) is 20.4 Å². The Morgan fingerprint density at radius 1 is 0.900 bits per heavy atom. The van der Waals surface area contributed by atoms with Gasteiger partial charge in [-0.05, 0) is 55.8 Å². The van der Waals surface area contributed by atoms with E-state index in [1.165, 1.54) is 0 Å². The molecule has 0 aliphatic rings. The molecule has 1 unspecified atom stereocenters. The molecule has 0 bridgehead atoms. The number of carbonyl (C=O) groups excluding carboxylic acids is 1. The molecule has 0 fully saturated rings. The van der Waals surface area contributed by atoms with Gasteiger partial charge in [0.05, 0.1) is 11.5 Å². The third-order valence-electron chi connectivity index (χ3n) is 4.45. The highest BCUT2D eigenvalue weighted by molar-refractivity contribution is 7.92. The van der Waals surface area contributed by atoms with Crippen LogP contribution >= 0.6 is 0 Å². The summed E-state index contributed by atoms with van der Waals surface area (Å²) in [6, 6.07) is 22.7. The second kappa shape index (κ2) is 9.56. The fraction of sp³-hybridized carbons (Fsp3) is 0.174. The predicted molar refractivity (Wildman–Crippen MR) is 118 cm³/mol. The molecule has 1 amide bonds. The topological polar surface area (TPSA) is 84.5 Å². The van der Waals surface area contributed by atoms with Crippen molar-refractivity contribution in [1.82, 2.24) is 0 Å². The molecule has 2 N–H and O–H groups in total. The molecular weight excluding hydrogens is 400 g/mol. The molecule has 156 valence electrons. The van der Waals surface area contributed by atoms with E-state index in [1.807, 2.05) is 37.3 Å². The summed E-state index contributed by atoms with van der Waals surface area (Å²) in [5, 5.41) is 2.76. The lowest BCUT2D eigenvalue weighted by atomic mass is 10.2. The number of hydrogen-bond acceptors (Lipinski definition) is 4. The molecule has 7 heteroatoms. The van der Waals surface area contributed by atoms with Crippen molar-refractivity contribution in [2.45, 2.75) is 31.5 Å². The second-order valence-corrected chi connectivity index (χ2v) is 8.61. The summed E-state index contributed by atoms with van der Waals surface area (Å²) in [5.41, 5.74) is 2.92. The van der Waals surface area contributed by atoms with E-state index in [9.17, 15) is 13.2 Å². The van der Waals surface area contributed by atoms with Gasteiger partial charge >= 0.3 is 0 Å². The molecule has 0 saturated heterocycles. The van der Waals surface area contributed by atoms with Gasteiger partial charge in [0.25, 0.3) is 15.9 Å². The molecule has 1 atom stereocenters. The Hall–Kier alpha value is -3.16. The molecule has 30 heavy (non-hydrogen) atoms. The van der Waals surface area contributed by atoms with Crippen molar-refractivity contribution in [3.05, 3.63) is 90.0 Å². The van der Waals surface area contributed by atoms with Gasteiger partial charge in [-0.1, -0.05) is 48.0 Å². The molecule has 0 aliphatic carbocycles. The molecule has 0 heterocycles. The fourth-order valence-electron chi connectivity index (χ4n) is 2.67. The van der Waals surface area contributed by atoms with Gasteiger partial charge in [-0.2, -0.15) is 0 Å². The first-order valence-electron chi connectivity index (χ1n) is 9.49. The standard InChI is InChI=1S/C23H24N2O4S/c1-17-8-14-22(15-9-17)30(27,28)25-21-12-10-20(11-13-21)24-23(26)18(2)29-16-19-6-4-3-5-7-19/h3-15,18,25H,16H2,1-2H3,(H,24,26). The van der Waals surface area contributed by atoms with Crippen LogP contribution in [0.4, 0.5) is 11.4 Å². The Balaban J connectivity index is 1.56. The summed E-state index contributed by atoms with van der Waals surface area (Å²) in [4.78, 5) is 12.5. The summed E-state index contributed by atoms with van der Waals surface area (Å²) in [7, 11) is -3.67. The number of amides is 1. The molecule has 0 saturated carbocycles. The Morgan fingerprint density at radius 2 is 1.50 bits per heavy atom. The largest absolute Gasteiger partial charge is 0.364 e. The number of carbonyl (C=O) groups is 1. The molecule has 6 nitrogen and oxygen atoms in total. The Kier molecular flexibility index (Phi) is 6.87. The number of nitrogens with one attached hydrogen (secondary N) is 2. The Labute approximate surface area is 177 Å². The summed E-state index contributed by atoms with van der Waals surface area (Å²) < 4.78 is 33.0. The van der Waals surface area contributed by atoms with Crippen LogP contribution in [0, 0.1) is 6.92 Å². The molecule has 0 aromatic heterocycles. The number of anilines is 2. The van der Waals surface area contributed by atoms with E-state index >= 15 is 0 Å². The average molecular weight is 425 g/mol. The highest BCUT2D eigenvalue weighted by atomic mass is 32.2. The minimum atomic E-state index is -3.67. The first-order valence-corrected chi connectivity index (χ1v) is 11.0. The van der Waals surface area contributed by atoms with Gasteiger partial charge in [-0.25, -0.2) is 8.42 Å². The van der Waals surface area contributed by atoms with Crippen LogP contribution < -0.4 is 10.0 Å². The maximum Gasteiger partial charge on any atom is 0.261 e. The SMILES string of the molecule is Cc1ccc(S(=O)(=O)Nc2ccc(NC(=O)C(C)OCc3ccccc3)cc2)cc1. The van der Waals surface area contributed by atoms with Crippen LogP contribution in [0.15, 0.2) is 83.8 Å². The van der Waals surface area contributed by atoms with Crippen LogP contribution in [0.2, 0.25) is 0 Å². The zero-order valence-electron chi connectivity index (χ0n) is 16.8. The number of rotatable bonds is 8. The van der Waals surface area contributed by atoms with E-state index in [2.05, 4.69) is 10.0 Å². The van der Waals surface area contributed by atoms with E-state index in [1.54, 1.807) is 55.5 Å². The van der Waals surface area contributed by atoms with Crippen LogP contribution in [0.5, 0.6) is 0 Å². The van der Waals surface area contributed by atoms with Crippen molar-refractivity contribution in [2.24, 2.45) is 0 Å². The van der Waals surface area contributed by atoms with E-state index in [0.717, 1.165) is 11.1 Å². The number of aryl methyl sites for hydroxylation is 1. The molecule has 0 radical (unpaired) electrons. The average Bonchev–Trinajstić information content (AvgIpc) is 2.74. The van der Waals surface area contributed by atoms with Gasteiger partial charge in [0.15, 0.2) is 0 Å². The summed E-state index contributed by atoms with van der Waals surface area (Å²) in [6.45, 7) is 3.92. The number of hydrogen-bond donors (Lipinski definition) is 2. The van der Waals surface area contributed by atoms with Gasteiger partial charge in [-0.15, -0.1) is 0 Å². The van der Waals surface area contributed by atoms with Crippen molar-refractivity contribution in [3.63, 3.8) is 0 Å². The van der Waals surface area contributed by atoms with Gasteiger partial charge in [0.1, 0.15) is 6.10 Å². The third kappa shape index (κ3) is 5.92. The molecule has 3 aromatic carbocycles. The third-order valence-corrected chi connectivity index (χ3v) is 5.85. The van der Waals surface area contributed by atoms with E-state index in [4.69, 9.17) is 4.74 Å². The quantitative estimate of drug-likeness (QED) is 0.563. The van der Waals surface area contributed by atoms with E-state index < -0.39 is 16.1 Å². The normalized spacial score (nSPS) is 12.2. The molecule has 3 aromatic rings. The minimum Gasteiger partial charge on any atom is -0.364 e. The maximum atomic E-state index is 12.5. The molecule has 3 rings (SSSR count). The van der Waals surface area contributed by atoms with Crippen molar-refractivity contribution >= 4 is 27.3 Å². The second-order valence-electron chi connectivity index (χ2n) is 6.92. The van der Waals surface area contributed by atoms with E-state index in [-0.39, 0.29) is 10.8 Å². The minimum absolute atomic E-state index is 0.190. The first-order chi connectivity index (χ1) is 14.3. The van der Waals surface area contributed by atoms with Gasteiger partial charge in [-0.3, -0.25) is 9.52 Å². The lowest BCUT2D eigenvalue weighted by Gasteiger charge is -2.14. The summed E-state index contributed by atoms with van der Waals surface area (Å²) >= 11 is 0. The highest BCUT2D eigenvalue weighted by Gasteiger charge is 2.15. The number of benzene rings is 3. The summed E-state index contributed by atoms with van der Waals surface area (Å²) in [6.07, 6.45) is -0.634. The predicted octanol–water partition coefficient (Wildman–Crippen LogP) is 4.34. The van der Waals surface area contributed by atoms with Crippen LogP contribution in [-0.2, 0) is 26.2 Å². The van der Waals surface area contributed by atoms with Gasteiger partial charge in [0.2, 0.25) is 0 Å². The van der Waals surface area contributed by atoms with Gasteiger partial charge in [0, 0.05) is 11.4 Å². The van der Waals surface area contributed by atoms with Crippen LogP contribution in [0.1, 0.15) is 18.1 Å². The van der Waals surface area contributed by atoms with Crippen molar-refractivity contribution in [3.8, 4) is 0 Å². The summed E-state index contributed by atoms with van der Waals surface area (Å²) in [5.74, 6) is -0.279. The molecule has 0 aliphatic heterocycles. The Morgan fingerprint density at radius 3 is 2.13 bits per heavy atom. The zero-order valence-corrected chi connectivity index (χ0v) is 17.6. The van der Waals surface area contributed by atoms with Gasteiger partial charge < -0.3 is 10.1 Å². The maximum absolute atomic E-state index is 12.5. The Bertz CT molecular complexity index is 1080. The smallest absolute Gasteiger partial charge is 0.261 e.